The second-order valence-corrected chi connectivity index (χ2v) is 7.23. The van der Waals surface area contributed by atoms with E-state index in [0.717, 1.165) is 36.5 Å². The molecule has 0 saturated carbocycles. The molecule has 1 saturated heterocycles. The number of hydrogen-bond donors (Lipinski definition) is 1. The van der Waals surface area contributed by atoms with Crippen molar-refractivity contribution >= 4 is 0 Å². The van der Waals surface area contributed by atoms with E-state index in [1.54, 1.807) is 12.1 Å². The second-order valence-electron chi connectivity index (χ2n) is 7.23. The molecule has 0 radical (unpaired) electrons. The van der Waals surface area contributed by atoms with Gasteiger partial charge in [0.05, 0.1) is 11.3 Å². The van der Waals surface area contributed by atoms with Crippen molar-refractivity contribution in [2.45, 2.75) is 25.0 Å². The predicted molar refractivity (Wildman–Crippen MR) is 104 cm³/mol. The molecule has 138 valence electrons. The van der Waals surface area contributed by atoms with Crippen molar-refractivity contribution in [1.82, 2.24) is 9.88 Å². The quantitative estimate of drug-likeness (QED) is 0.749. The molecule has 2 aromatic carbocycles. The minimum Gasteiger partial charge on any atom is -0.385 e. The summed E-state index contributed by atoms with van der Waals surface area (Å²) in [6.45, 7) is 2.44. The highest BCUT2D eigenvalue weighted by Crippen LogP contribution is 2.33. The fraction of sp³-hybridized carbons (Fsp3) is 0.261. The van der Waals surface area contributed by atoms with Gasteiger partial charge in [0, 0.05) is 31.4 Å². The summed E-state index contributed by atoms with van der Waals surface area (Å²) in [5.41, 5.74) is 3.25. The molecule has 1 N–H and O–H groups in total. The van der Waals surface area contributed by atoms with Crippen LogP contribution in [-0.4, -0.2) is 28.1 Å². The highest BCUT2D eigenvalue weighted by molar-refractivity contribution is 5.59. The summed E-state index contributed by atoms with van der Waals surface area (Å²) >= 11 is 0. The standard InChI is InChI=1S/C23H23FN2O/c24-21-8-6-20(7-9-21)23(27)11-14-26(15-12-23)17-18-10-13-25-22(16-18)19-4-2-1-3-5-19/h1-10,13,16,27H,11-12,14-15,17H2. The van der Waals surface area contributed by atoms with Crippen molar-refractivity contribution in [2.75, 3.05) is 13.1 Å². The number of aliphatic hydroxyl groups is 1. The molecule has 0 unspecified atom stereocenters. The molecule has 3 nitrogen and oxygen atoms in total. The smallest absolute Gasteiger partial charge is 0.123 e. The summed E-state index contributed by atoms with van der Waals surface area (Å²) in [6.07, 6.45) is 3.15. The Morgan fingerprint density at radius 3 is 2.37 bits per heavy atom. The maximum Gasteiger partial charge on any atom is 0.123 e. The molecule has 1 aliphatic heterocycles. The molecule has 0 aliphatic carbocycles. The van der Waals surface area contributed by atoms with Crippen LogP contribution in [0.4, 0.5) is 4.39 Å². The second kappa shape index (κ2) is 7.59. The van der Waals surface area contributed by atoms with Crippen molar-refractivity contribution in [2.24, 2.45) is 0 Å². The van der Waals surface area contributed by atoms with Crippen LogP contribution in [0.1, 0.15) is 24.0 Å². The van der Waals surface area contributed by atoms with Gasteiger partial charge >= 0.3 is 0 Å². The molecule has 0 atom stereocenters. The summed E-state index contributed by atoms with van der Waals surface area (Å²) in [5.74, 6) is -0.272. The minimum atomic E-state index is -0.863. The van der Waals surface area contributed by atoms with Crippen molar-refractivity contribution < 1.29 is 9.50 Å². The average Bonchev–Trinajstić information content (AvgIpc) is 2.71. The number of pyridine rings is 1. The zero-order valence-electron chi connectivity index (χ0n) is 15.2. The van der Waals surface area contributed by atoms with Gasteiger partial charge in [0.25, 0.3) is 0 Å². The lowest BCUT2D eigenvalue weighted by atomic mass is 9.84. The van der Waals surface area contributed by atoms with Gasteiger partial charge in [-0.1, -0.05) is 42.5 Å². The first-order valence-electron chi connectivity index (χ1n) is 9.34. The van der Waals surface area contributed by atoms with Crippen LogP contribution in [0.15, 0.2) is 72.9 Å². The van der Waals surface area contributed by atoms with Crippen LogP contribution < -0.4 is 0 Å². The first-order valence-corrected chi connectivity index (χ1v) is 9.34. The van der Waals surface area contributed by atoms with Crippen LogP contribution in [0, 0.1) is 5.82 Å². The Balaban J connectivity index is 1.42. The zero-order chi connectivity index (χ0) is 18.7. The van der Waals surface area contributed by atoms with E-state index in [4.69, 9.17) is 0 Å². The van der Waals surface area contributed by atoms with Gasteiger partial charge in [-0.25, -0.2) is 4.39 Å². The van der Waals surface area contributed by atoms with Crippen LogP contribution in [0.2, 0.25) is 0 Å². The Kier molecular flexibility index (Phi) is 5.01. The summed E-state index contributed by atoms with van der Waals surface area (Å²) in [7, 11) is 0. The van der Waals surface area contributed by atoms with Crippen LogP contribution in [0.3, 0.4) is 0 Å². The van der Waals surface area contributed by atoms with Crippen molar-refractivity contribution in [1.29, 1.82) is 0 Å². The Labute approximate surface area is 159 Å². The Bertz CT molecular complexity index is 888. The predicted octanol–water partition coefficient (Wildman–Crippen LogP) is 4.37. The number of rotatable bonds is 4. The van der Waals surface area contributed by atoms with Crippen molar-refractivity contribution in [3.8, 4) is 11.3 Å². The van der Waals surface area contributed by atoms with E-state index in [2.05, 4.69) is 28.1 Å². The Morgan fingerprint density at radius 2 is 1.67 bits per heavy atom. The molecule has 4 rings (SSSR count). The maximum atomic E-state index is 13.1. The Morgan fingerprint density at radius 1 is 0.963 bits per heavy atom. The summed E-state index contributed by atoms with van der Waals surface area (Å²) in [4.78, 5) is 6.83. The molecule has 3 aromatic rings. The van der Waals surface area contributed by atoms with Crippen LogP contribution in [-0.2, 0) is 12.1 Å². The van der Waals surface area contributed by atoms with Crippen LogP contribution in [0.25, 0.3) is 11.3 Å². The summed E-state index contributed by atoms with van der Waals surface area (Å²) in [6, 6.07) is 20.6. The fourth-order valence-corrected chi connectivity index (χ4v) is 3.73. The normalized spacial score (nSPS) is 17.0. The lowest BCUT2D eigenvalue weighted by molar-refractivity contribution is -0.0277. The van der Waals surface area contributed by atoms with E-state index in [1.807, 2.05) is 30.5 Å². The molecular weight excluding hydrogens is 339 g/mol. The van der Waals surface area contributed by atoms with E-state index < -0.39 is 5.60 Å². The molecule has 0 amide bonds. The van der Waals surface area contributed by atoms with E-state index in [-0.39, 0.29) is 5.82 Å². The number of benzene rings is 2. The number of halogens is 1. The number of likely N-dealkylation sites (tertiary alicyclic amines) is 1. The minimum absolute atomic E-state index is 0.272. The fourth-order valence-electron chi connectivity index (χ4n) is 3.73. The number of nitrogens with zero attached hydrogens (tertiary/aromatic N) is 2. The lowest BCUT2D eigenvalue weighted by Crippen LogP contribution is -2.42. The molecule has 4 heteroatoms. The summed E-state index contributed by atoms with van der Waals surface area (Å²) < 4.78 is 13.1. The molecule has 1 fully saturated rings. The monoisotopic (exact) mass is 362 g/mol. The first kappa shape index (κ1) is 17.8. The van der Waals surface area contributed by atoms with E-state index >= 15 is 0 Å². The van der Waals surface area contributed by atoms with Gasteiger partial charge in [-0.2, -0.15) is 0 Å². The summed E-state index contributed by atoms with van der Waals surface area (Å²) in [5, 5.41) is 11.0. The lowest BCUT2D eigenvalue weighted by Gasteiger charge is -2.38. The van der Waals surface area contributed by atoms with Gasteiger partial charge in [0.1, 0.15) is 5.82 Å². The van der Waals surface area contributed by atoms with Gasteiger partial charge in [0.2, 0.25) is 0 Å². The van der Waals surface area contributed by atoms with Crippen LogP contribution in [0.5, 0.6) is 0 Å². The SMILES string of the molecule is OC1(c2ccc(F)cc2)CCN(Cc2ccnc(-c3ccccc3)c2)CC1. The van der Waals surface area contributed by atoms with E-state index in [1.165, 1.54) is 17.7 Å². The molecule has 0 bridgehead atoms. The average molecular weight is 362 g/mol. The van der Waals surface area contributed by atoms with Gasteiger partial charge in [-0.3, -0.25) is 9.88 Å². The third-order valence-corrected chi connectivity index (χ3v) is 5.36. The van der Waals surface area contributed by atoms with Gasteiger partial charge in [-0.15, -0.1) is 0 Å². The van der Waals surface area contributed by atoms with E-state index in [9.17, 15) is 9.50 Å². The molecular formula is C23H23FN2O. The van der Waals surface area contributed by atoms with E-state index in [0.29, 0.717) is 12.8 Å². The molecule has 0 spiro atoms. The van der Waals surface area contributed by atoms with Crippen molar-refractivity contribution in [3.05, 3.63) is 89.9 Å². The third-order valence-electron chi connectivity index (χ3n) is 5.36. The molecule has 27 heavy (non-hydrogen) atoms. The van der Waals surface area contributed by atoms with Gasteiger partial charge in [0.15, 0.2) is 0 Å². The van der Waals surface area contributed by atoms with Gasteiger partial charge in [-0.05, 0) is 48.2 Å². The molecule has 1 aromatic heterocycles. The highest BCUT2D eigenvalue weighted by Gasteiger charge is 2.33. The van der Waals surface area contributed by atoms with Crippen molar-refractivity contribution in [3.63, 3.8) is 0 Å². The van der Waals surface area contributed by atoms with Gasteiger partial charge < -0.3 is 5.11 Å². The Hall–Kier alpha value is -2.56. The number of aromatic nitrogens is 1. The number of piperidine rings is 1. The first-order chi connectivity index (χ1) is 13.1. The molecule has 1 aliphatic rings. The van der Waals surface area contributed by atoms with Crippen LogP contribution >= 0.6 is 0 Å². The largest absolute Gasteiger partial charge is 0.385 e. The zero-order valence-corrected chi connectivity index (χ0v) is 15.2. The highest BCUT2D eigenvalue weighted by atomic mass is 19.1. The number of hydrogen-bond acceptors (Lipinski definition) is 3. The molecule has 2 heterocycles. The maximum absolute atomic E-state index is 13.1. The third kappa shape index (κ3) is 4.07. The topological polar surface area (TPSA) is 36.4 Å².